The molecule has 0 spiro atoms. The SMILES string of the molecule is CCCCSc1ccc(S(=O)O)cc1. The van der Waals surface area contributed by atoms with Crippen molar-refractivity contribution in [3.63, 3.8) is 0 Å². The molecule has 0 aliphatic heterocycles. The molecule has 1 aromatic rings. The highest BCUT2D eigenvalue weighted by atomic mass is 32.2. The van der Waals surface area contributed by atoms with E-state index in [-0.39, 0.29) is 0 Å². The number of thioether (sulfide) groups is 1. The molecule has 0 aliphatic carbocycles. The Morgan fingerprint density at radius 3 is 2.50 bits per heavy atom. The van der Waals surface area contributed by atoms with E-state index < -0.39 is 11.1 Å². The Hall–Kier alpha value is -0.320. The zero-order chi connectivity index (χ0) is 10.4. The minimum absolute atomic E-state index is 0.463. The first-order valence-corrected chi connectivity index (χ1v) is 6.67. The van der Waals surface area contributed by atoms with E-state index in [9.17, 15) is 4.21 Å². The first-order valence-electron chi connectivity index (χ1n) is 4.57. The molecule has 1 atom stereocenters. The molecule has 78 valence electrons. The van der Waals surface area contributed by atoms with Gasteiger partial charge >= 0.3 is 0 Å². The summed E-state index contributed by atoms with van der Waals surface area (Å²) in [5.74, 6) is 1.11. The van der Waals surface area contributed by atoms with E-state index in [1.54, 1.807) is 23.9 Å². The highest BCUT2D eigenvalue weighted by Crippen LogP contribution is 2.20. The van der Waals surface area contributed by atoms with Crippen LogP contribution >= 0.6 is 11.8 Å². The largest absolute Gasteiger partial charge is 0.302 e. The average molecular weight is 230 g/mol. The molecule has 1 unspecified atom stereocenters. The van der Waals surface area contributed by atoms with Gasteiger partial charge in [-0.2, -0.15) is 0 Å². The van der Waals surface area contributed by atoms with Crippen molar-refractivity contribution in [2.45, 2.75) is 29.6 Å². The first-order chi connectivity index (χ1) is 6.74. The van der Waals surface area contributed by atoms with Crippen LogP contribution in [0.5, 0.6) is 0 Å². The lowest BCUT2D eigenvalue weighted by Crippen LogP contribution is -1.87. The number of unbranched alkanes of at least 4 members (excludes halogenated alkanes) is 1. The van der Waals surface area contributed by atoms with Gasteiger partial charge in [-0.05, 0) is 36.4 Å². The minimum Gasteiger partial charge on any atom is -0.302 e. The summed E-state index contributed by atoms with van der Waals surface area (Å²) in [5.41, 5.74) is 0. The standard InChI is InChI=1S/C10H14O2S2/c1-2-3-8-13-9-4-6-10(7-5-9)14(11)12/h4-7H,2-3,8H2,1H3,(H,11,12). The molecule has 0 aromatic heterocycles. The second-order valence-electron chi connectivity index (χ2n) is 2.92. The third kappa shape index (κ3) is 3.82. The summed E-state index contributed by atoms with van der Waals surface area (Å²) in [6.45, 7) is 2.17. The molecule has 0 bridgehead atoms. The van der Waals surface area contributed by atoms with E-state index in [0.717, 1.165) is 10.6 Å². The molecule has 0 radical (unpaired) electrons. The lowest BCUT2D eigenvalue weighted by Gasteiger charge is -2.00. The Morgan fingerprint density at radius 2 is 2.00 bits per heavy atom. The topological polar surface area (TPSA) is 37.3 Å². The number of rotatable bonds is 5. The van der Waals surface area contributed by atoms with E-state index in [0.29, 0.717) is 4.90 Å². The molecule has 0 fully saturated rings. The number of hydrogen-bond acceptors (Lipinski definition) is 2. The zero-order valence-corrected chi connectivity index (χ0v) is 9.74. The fourth-order valence-corrected chi connectivity index (χ4v) is 2.35. The third-order valence-electron chi connectivity index (χ3n) is 1.79. The maximum Gasteiger partial charge on any atom is 0.186 e. The highest BCUT2D eigenvalue weighted by molar-refractivity contribution is 7.99. The predicted molar refractivity (Wildman–Crippen MR) is 61.1 cm³/mol. The van der Waals surface area contributed by atoms with Gasteiger partial charge in [-0.1, -0.05) is 13.3 Å². The van der Waals surface area contributed by atoms with Crippen LogP contribution in [0.25, 0.3) is 0 Å². The van der Waals surface area contributed by atoms with Crippen LogP contribution in [0.4, 0.5) is 0 Å². The fourth-order valence-electron chi connectivity index (χ4n) is 0.987. The molecule has 2 nitrogen and oxygen atoms in total. The van der Waals surface area contributed by atoms with E-state index in [2.05, 4.69) is 6.92 Å². The van der Waals surface area contributed by atoms with Crippen molar-refractivity contribution in [2.75, 3.05) is 5.75 Å². The molecule has 0 heterocycles. The van der Waals surface area contributed by atoms with Gasteiger partial charge in [0.1, 0.15) is 0 Å². The summed E-state index contributed by atoms with van der Waals surface area (Å²) in [6, 6.07) is 7.18. The molecular formula is C10H14O2S2. The van der Waals surface area contributed by atoms with Crippen LogP contribution in [0.15, 0.2) is 34.1 Å². The molecule has 0 saturated carbocycles. The average Bonchev–Trinajstić information content (AvgIpc) is 2.19. The Balaban J connectivity index is 2.51. The van der Waals surface area contributed by atoms with Gasteiger partial charge in [0.25, 0.3) is 0 Å². The summed E-state index contributed by atoms with van der Waals surface area (Å²) in [5, 5.41) is 0. The summed E-state index contributed by atoms with van der Waals surface area (Å²) in [4.78, 5) is 1.62. The molecule has 1 N–H and O–H groups in total. The Morgan fingerprint density at radius 1 is 1.36 bits per heavy atom. The monoisotopic (exact) mass is 230 g/mol. The third-order valence-corrected chi connectivity index (χ3v) is 3.57. The van der Waals surface area contributed by atoms with Gasteiger partial charge in [-0.3, -0.25) is 0 Å². The summed E-state index contributed by atoms with van der Waals surface area (Å²) in [7, 11) is 0. The molecule has 0 saturated heterocycles. The molecule has 0 aliphatic rings. The van der Waals surface area contributed by atoms with E-state index >= 15 is 0 Å². The van der Waals surface area contributed by atoms with E-state index in [4.69, 9.17) is 4.55 Å². The van der Waals surface area contributed by atoms with Crippen molar-refractivity contribution in [2.24, 2.45) is 0 Å². The molecule has 14 heavy (non-hydrogen) atoms. The van der Waals surface area contributed by atoms with Crippen molar-refractivity contribution in [1.29, 1.82) is 0 Å². The van der Waals surface area contributed by atoms with Crippen LogP contribution in [0.1, 0.15) is 19.8 Å². The highest BCUT2D eigenvalue weighted by Gasteiger charge is 1.99. The van der Waals surface area contributed by atoms with Crippen LogP contribution < -0.4 is 0 Å². The van der Waals surface area contributed by atoms with E-state index in [1.807, 2.05) is 12.1 Å². The first kappa shape index (κ1) is 11.8. The van der Waals surface area contributed by atoms with Gasteiger partial charge in [0.05, 0.1) is 4.90 Å². The Labute approximate surface area is 91.4 Å². The van der Waals surface area contributed by atoms with Crippen LogP contribution in [0.3, 0.4) is 0 Å². The number of hydrogen-bond donors (Lipinski definition) is 1. The maximum atomic E-state index is 10.7. The summed E-state index contributed by atoms with van der Waals surface area (Å²) >= 11 is -0.0690. The van der Waals surface area contributed by atoms with Gasteiger partial charge in [0, 0.05) is 4.90 Å². The smallest absolute Gasteiger partial charge is 0.186 e. The van der Waals surface area contributed by atoms with Crippen LogP contribution in [0.2, 0.25) is 0 Å². The van der Waals surface area contributed by atoms with Gasteiger partial charge < -0.3 is 4.55 Å². The Kier molecular flexibility index (Phi) is 5.22. The predicted octanol–water partition coefficient (Wildman–Crippen LogP) is 3.16. The summed E-state index contributed by atoms with van der Waals surface area (Å²) < 4.78 is 19.5. The minimum atomic E-state index is -1.85. The Bertz CT molecular complexity index is 295. The maximum absolute atomic E-state index is 10.7. The lowest BCUT2D eigenvalue weighted by molar-refractivity contribution is 0.564. The van der Waals surface area contributed by atoms with E-state index in [1.165, 1.54) is 12.8 Å². The molecule has 1 rings (SSSR count). The van der Waals surface area contributed by atoms with Crippen molar-refractivity contribution in [1.82, 2.24) is 0 Å². The lowest BCUT2D eigenvalue weighted by atomic mass is 10.4. The quantitative estimate of drug-likeness (QED) is 0.479. The molecule has 1 aromatic carbocycles. The molecule has 4 heteroatoms. The number of benzene rings is 1. The molecule has 0 amide bonds. The summed E-state index contributed by atoms with van der Waals surface area (Å²) in [6.07, 6.45) is 2.41. The van der Waals surface area contributed by atoms with Crippen LogP contribution in [0, 0.1) is 0 Å². The zero-order valence-electron chi connectivity index (χ0n) is 8.10. The fraction of sp³-hybridized carbons (Fsp3) is 0.400. The van der Waals surface area contributed by atoms with Gasteiger partial charge in [-0.25, -0.2) is 4.21 Å². The van der Waals surface area contributed by atoms with Gasteiger partial charge in [-0.15, -0.1) is 11.8 Å². The normalized spacial score (nSPS) is 12.7. The van der Waals surface area contributed by atoms with Crippen molar-refractivity contribution in [3.05, 3.63) is 24.3 Å². The second kappa shape index (κ2) is 6.22. The molecular weight excluding hydrogens is 216 g/mol. The second-order valence-corrected chi connectivity index (χ2v) is 5.06. The van der Waals surface area contributed by atoms with Crippen LogP contribution in [-0.4, -0.2) is 14.5 Å². The van der Waals surface area contributed by atoms with Crippen molar-refractivity contribution in [3.8, 4) is 0 Å². The van der Waals surface area contributed by atoms with Gasteiger partial charge in [0.2, 0.25) is 0 Å². The van der Waals surface area contributed by atoms with Crippen LogP contribution in [-0.2, 0) is 11.1 Å². The van der Waals surface area contributed by atoms with Gasteiger partial charge in [0.15, 0.2) is 11.1 Å². The van der Waals surface area contributed by atoms with Crippen molar-refractivity contribution < 1.29 is 8.76 Å². The van der Waals surface area contributed by atoms with Crippen molar-refractivity contribution >= 4 is 22.8 Å².